The predicted molar refractivity (Wildman–Crippen MR) is 55.2 cm³/mol. The summed E-state index contributed by atoms with van der Waals surface area (Å²) >= 11 is 0. The highest BCUT2D eigenvalue weighted by Gasteiger charge is 2.34. The average Bonchev–Trinajstić information content (AvgIpc) is 2.25. The van der Waals surface area contributed by atoms with E-state index in [1.807, 2.05) is 0 Å². The van der Waals surface area contributed by atoms with E-state index in [2.05, 4.69) is 6.58 Å². The van der Waals surface area contributed by atoms with E-state index in [0.717, 1.165) is 6.07 Å². The van der Waals surface area contributed by atoms with Crippen molar-refractivity contribution in [2.24, 2.45) is 0 Å². The molecular weight excluding hydrogens is 236 g/mol. The zero-order valence-corrected chi connectivity index (χ0v) is 8.85. The molecule has 92 valence electrons. The Labute approximate surface area is 95.8 Å². The quantitative estimate of drug-likeness (QED) is 0.446. The Kier molecular flexibility index (Phi) is 4.04. The van der Waals surface area contributed by atoms with E-state index in [9.17, 15) is 22.4 Å². The molecular formula is C12H10F4O. The number of carbonyl (C=O) groups excluding carboxylic acids is 1. The van der Waals surface area contributed by atoms with E-state index in [1.54, 1.807) is 0 Å². The molecule has 0 unspecified atom stereocenters. The molecule has 0 bridgehead atoms. The SMILES string of the molecule is C=CCCC(=O)c1ccc(F)c(C(F)(F)F)c1. The van der Waals surface area contributed by atoms with Crippen molar-refractivity contribution in [3.8, 4) is 0 Å². The maximum Gasteiger partial charge on any atom is 0.419 e. The fourth-order valence-electron chi connectivity index (χ4n) is 1.29. The Bertz CT molecular complexity index is 435. The highest BCUT2D eigenvalue weighted by Crippen LogP contribution is 2.32. The van der Waals surface area contributed by atoms with Crippen LogP contribution in [-0.2, 0) is 6.18 Å². The third-order valence-corrected chi connectivity index (χ3v) is 2.17. The van der Waals surface area contributed by atoms with Gasteiger partial charge in [-0.3, -0.25) is 4.79 Å². The number of benzene rings is 1. The van der Waals surface area contributed by atoms with Crippen LogP contribution in [-0.4, -0.2) is 5.78 Å². The van der Waals surface area contributed by atoms with Crippen molar-refractivity contribution in [1.29, 1.82) is 0 Å². The summed E-state index contributed by atoms with van der Waals surface area (Å²) in [6.07, 6.45) is -2.87. The third-order valence-electron chi connectivity index (χ3n) is 2.17. The van der Waals surface area contributed by atoms with Gasteiger partial charge in [0.05, 0.1) is 5.56 Å². The van der Waals surface area contributed by atoms with Crippen LogP contribution in [0.3, 0.4) is 0 Å². The van der Waals surface area contributed by atoms with Gasteiger partial charge in [0.25, 0.3) is 0 Å². The van der Waals surface area contributed by atoms with E-state index in [1.165, 1.54) is 6.08 Å². The number of halogens is 4. The number of carbonyl (C=O) groups is 1. The van der Waals surface area contributed by atoms with E-state index in [-0.39, 0.29) is 12.0 Å². The van der Waals surface area contributed by atoms with Crippen LogP contribution in [0.4, 0.5) is 17.6 Å². The van der Waals surface area contributed by atoms with Crippen molar-refractivity contribution in [3.05, 3.63) is 47.8 Å². The topological polar surface area (TPSA) is 17.1 Å². The molecule has 1 aromatic rings. The second-order valence-electron chi connectivity index (χ2n) is 3.44. The lowest BCUT2D eigenvalue weighted by Crippen LogP contribution is -2.10. The van der Waals surface area contributed by atoms with Crippen molar-refractivity contribution >= 4 is 5.78 Å². The fraction of sp³-hybridized carbons (Fsp3) is 0.250. The van der Waals surface area contributed by atoms with Gasteiger partial charge in [0.1, 0.15) is 5.82 Å². The summed E-state index contributed by atoms with van der Waals surface area (Å²) in [6.45, 7) is 3.41. The van der Waals surface area contributed by atoms with Gasteiger partial charge in [0.2, 0.25) is 0 Å². The molecule has 0 atom stereocenters. The summed E-state index contributed by atoms with van der Waals surface area (Å²) < 4.78 is 50.1. The zero-order valence-electron chi connectivity index (χ0n) is 8.85. The van der Waals surface area contributed by atoms with Crippen molar-refractivity contribution in [2.75, 3.05) is 0 Å². The molecule has 0 radical (unpaired) electrons. The third kappa shape index (κ3) is 3.41. The predicted octanol–water partition coefficient (Wildman–Crippen LogP) is 3.99. The highest BCUT2D eigenvalue weighted by atomic mass is 19.4. The minimum Gasteiger partial charge on any atom is -0.294 e. The second-order valence-corrected chi connectivity index (χ2v) is 3.44. The van der Waals surface area contributed by atoms with Gasteiger partial charge in [0, 0.05) is 12.0 Å². The minimum atomic E-state index is -4.79. The molecule has 0 saturated carbocycles. The summed E-state index contributed by atoms with van der Waals surface area (Å²) in [5.41, 5.74) is -1.55. The van der Waals surface area contributed by atoms with Crippen LogP contribution in [0.25, 0.3) is 0 Å². The first-order valence-electron chi connectivity index (χ1n) is 4.87. The van der Waals surface area contributed by atoms with Gasteiger partial charge in [-0.25, -0.2) is 4.39 Å². The molecule has 0 aromatic heterocycles. The van der Waals surface area contributed by atoms with Gasteiger partial charge in [-0.05, 0) is 24.6 Å². The lowest BCUT2D eigenvalue weighted by molar-refractivity contribution is -0.140. The molecule has 0 aliphatic carbocycles. The van der Waals surface area contributed by atoms with E-state index < -0.39 is 23.3 Å². The van der Waals surface area contributed by atoms with E-state index >= 15 is 0 Å². The van der Waals surface area contributed by atoms with Crippen LogP contribution in [0.2, 0.25) is 0 Å². The van der Waals surface area contributed by atoms with Crippen LogP contribution in [0.5, 0.6) is 0 Å². The standard InChI is InChI=1S/C12H10F4O/c1-2-3-4-11(17)8-5-6-10(13)9(7-8)12(14,15)16/h2,5-7H,1,3-4H2. The van der Waals surface area contributed by atoms with Gasteiger partial charge >= 0.3 is 6.18 Å². The summed E-state index contributed by atoms with van der Waals surface area (Å²) in [4.78, 5) is 11.5. The van der Waals surface area contributed by atoms with Crippen LogP contribution in [0, 0.1) is 5.82 Å². The van der Waals surface area contributed by atoms with Crippen molar-refractivity contribution in [1.82, 2.24) is 0 Å². The Morgan fingerprint density at radius 2 is 2.00 bits per heavy atom. The zero-order chi connectivity index (χ0) is 13.1. The van der Waals surface area contributed by atoms with Gasteiger partial charge in [0.15, 0.2) is 5.78 Å². The largest absolute Gasteiger partial charge is 0.419 e. The molecule has 1 nitrogen and oxygen atoms in total. The summed E-state index contributed by atoms with van der Waals surface area (Å²) in [7, 11) is 0. The van der Waals surface area contributed by atoms with E-state index in [4.69, 9.17) is 0 Å². The fourth-order valence-corrected chi connectivity index (χ4v) is 1.29. The number of alkyl halides is 3. The maximum absolute atomic E-state index is 12.9. The number of hydrogen-bond acceptors (Lipinski definition) is 1. The van der Waals surface area contributed by atoms with Crippen molar-refractivity contribution < 1.29 is 22.4 Å². The molecule has 5 heteroatoms. The first kappa shape index (κ1) is 13.4. The molecule has 0 aliphatic rings. The van der Waals surface area contributed by atoms with Gasteiger partial charge < -0.3 is 0 Å². The first-order chi connectivity index (χ1) is 7.86. The number of rotatable bonds is 4. The van der Waals surface area contributed by atoms with Crippen LogP contribution in [0.15, 0.2) is 30.9 Å². The number of ketones is 1. The first-order valence-corrected chi connectivity index (χ1v) is 4.87. The molecule has 17 heavy (non-hydrogen) atoms. The summed E-state index contributed by atoms with van der Waals surface area (Å²) in [5.74, 6) is -1.84. The van der Waals surface area contributed by atoms with Gasteiger partial charge in [-0.15, -0.1) is 6.58 Å². The summed E-state index contributed by atoms with van der Waals surface area (Å²) in [5, 5.41) is 0. The highest BCUT2D eigenvalue weighted by molar-refractivity contribution is 5.96. The molecule has 0 fully saturated rings. The van der Waals surface area contributed by atoms with Gasteiger partial charge in [-0.2, -0.15) is 13.2 Å². The molecule has 0 heterocycles. The lowest BCUT2D eigenvalue weighted by atomic mass is 10.0. The smallest absolute Gasteiger partial charge is 0.294 e. The van der Waals surface area contributed by atoms with Crippen molar-refractivity contribution in [3.63, 3.8) is 0 Å². The normalized spacial score (nSPS) is 11.3. The second kappa shape index (κ2) is 5.12. The lowest BCUT2D eigenvalue weighted by Gasteiger charge is -2.09. The van der Waals surface area contributed by atoms with Crippen LogP contribution >= 0.6 is 0 Å². The van der Waals surface area contributed by atoms with Crippen molar-refractivity contribution in [2.45, 2.75) is 19.0 Å². The number of allylic oxidation sites excluding steroid dienone is 1. The molecule has 0 spiro atoms. The Balaban J connectivity index is 3.04. The number of Topliss-reactive ketones (excluding diaryl/α,β-unsaturated/α-hetero) is 1. The summed E-state index contributed by atoms with van der Waals surface area (Å²) in [6, 6.07) is 2.25. The molecule has 0 aliphatic heterocycles. The van der Waals surface area contributed by atoms with Gasteiger partial charge in [-0.1, -0.05) is 6.08 Å². The molecule has 0 N–H and O–H groups in total. The Morgan fingerprint density at radius 3 is 2.53 bits per heavy atom. The van der Waals surface area contributed by atoms with E-state index in [0.29, 0.717) is 18.6 Å². The van der Waals surface area contributed by atoms with Crippen LogP contribution in [0.1, 0.15) is 28.8 Å². The minimum absolute atomic E-state index is 0.0619. The molecule has 1 rings (SSSR count). The molecule has 0 amide bonds. The Morgan fingerprint density at radius 1 is 1.35 bits per heavy atom. The molecule has 1 aromatic carbocycles. The maximum atomic E-state index is 12.9. The Hall–Kier alpha value is -1.65. The molecule has 0 saturated heterocycles. The number of hydrogen-bond donors (Lipinski definition) is 0. The van der Waals surface area contributed by atoms with Crippen LogP contribution < -0.4 is 0 Å². The average molecular weight is 246 g/mol. The monoisotopic (exact) mass is 246 g/mol.